The second kappa shape index (κ2) is 7.08. The molecule has 7 heteroatoms. The third kappa shape index (κ3) is 2.80. The molecule has 1 spiro atoms. The molecule has 4 atom stereocenters. The molecule has 4 heterocycles. The highest BCUT2D eigenvalue weighted by molar-refractivity contribution is 7.82. The van der Waals surface area contributed by atoms with Gasteiger partial charge in [-0.25, -0.2) is 13.5 Å². The van der Waals surface area contributed by atoms with Gasteiger partial charge in [0.2, 0.25) is 0 Å². The Kier molecular flexibility index (Phi) is 4.42. The first-order chi connectivity index (χ1) is 15.1. The number of pyridine rings is 1. The van der Waals surface area contributed by atoms with Crippen molar-refractivity contribution in [3.8, 4) is 11.3 Å². The van der Waals surface area contributed by atoms with Crippen LogP contribution in [-0.2, 0) is 11.0 Å². The van der Waals surface area contributed by atoms with E-state index in [9.17, 15) is 9.32 Å². The second-order valence-corrected chi connectivity index (χ2v) is 10.7. The van der Waals surface area contributed by atoms with Crippen LogP contribution < -0.4 is 0 Å². The number of fused-ring (bicyclic) bond motifs is 3. The standard InChI is InChI=1S/C24H26N4O2S/c1-16-6-9-25-14-21(16)31(30)27-10-7-24(8-11-27)12-19(23(24)29)22-18-5-3-2-4-17(18)20-13-26-15-28(20)22/h2-6,9,13-15,19,22-23,29H,7-8,10-12H2,1H3. The van der Waals surface area contributed by atoms with Gasteiger partial charge in [-0.2, -0.15) is 0 Å². The number of rotatable bonds is 3. The molecule has 31 heavy (non-hydrogen) atoms. The highest BCUT2D eigenvalue weighted by Gasteiger charge is 2.58. The average molecular weight is 435 g/mol. The molecule has 6 rings (SSSR count). The average Bonchev–Trinajstić information content (AvgIpc) is 3.39. The molecular weight excluding hydrogens is 408 g/mol. The van der Waals surface area contributed by atoms with E-state index in [1.54, 1.807) is 12.4 Å². The molecule has 4 unspecified atom stereocenters. The number of aryl methyl sites for hydroxylation is 1. The Balaban J connectivity index is 1.19. The SMILES string of the molecule is Cc1ccncc1S(=O)N1CCC2(CC1)CC(C1c3ccccc3-c3cncn31)C2O. The van der Waals surface area contributed by atoms with Gasteiger partial charge in [0.15, 0.2) is 0 Å². The molecule has 0 radical (unpaired) electrons. The summed E-state index contributed by atoms with van der Waals surface area (Å²) in [5, 5.41) is 11.4. The predicted octanol–water partition coefficient (Wildman–Crippen LogP) is 3.34. The Labute approximate surface area is 184 Å². The van der Waals surface area contributed by atoms with Crippen molar-refractivity contribution >= 4 is 11.0 Å². The number of aromatic nitrogens is 3. The summed E-state index contributed by atoms with van der Waals surface area (Å²) in [4.78, 5) is 9.30. The molecule has 0 bridgehead atoms. The van der Waals surface area contributed by atoms with Crippen molar-refractivity contribution in [2.24, 2.45) is 11.3 Å². The molecule has 3 aromatic rings. The lowest BCUT2D eigenvalue weighted by atomic mass is 9.53. The molecule has 1 N–H and O–H groups in total. The van der Waals surface area contributed by atoms with Gasteiger partial charge in [0.1, 0.15) is 11.0 Å². The van der Waals surface area contributed by atoms with Crippen molar-refractivity contribution in [3.05, 3.63) is 66.4 Å². The van der Waals surface area contributed by atoms with Gasteiger partial charge >= 0.3 is 0 Å². The lowest BCUT2D eigenvalue weighted by Gasteiger charge is -2.57. The van der Waals surface area contributed by atoms with Crippen molar-refractivity contribution in [1.29, 1.82) is 0 Å². The second-order valence-electron chi connectivity index (χ2n) is 9.21. The fourth-order valence-electron chi connectivity index (χ4n) is 5.96. The van der Waals surface area contributed by atoms with Gasteiger partial charge in [-0.15, -0.1) is 0 Å². The molecule has 1 aliphatic carbocycles. The number of hydrogen-bond acceptors (Lipinski definition) is 4. The maximum atomic E-state index is 13.1. The fraction of sp³-hybridized carbons (Fsp3) is 0.417. The number of hydrogen-bond donors (Lipinski definition) is 1. The Morgan fingerprint density at radius 3 is 2.71 bits per heavy atom. The summed E-state index contributed by atoms with van der Waals surface area (Å²) in [6.45, 7) is 3.45. The van der Waals surface area contributed by atoms with Gasteiger partial charge in [0, 0.05) is 37.0 Å². The molecule has 160 valence electrons. The third-order valence-corrected chi connectivity index (χ3v) is 9.37. The van der Waals surface area contributed by atoms with E-state index < -0.39 is 11.0 Å². The Morgan fingerprint density at radius 2 is 1.94 bits per heavy atom. The van der Waals surface area contributed by atoms with Crippen LogP contribution in [0.15, 0.2) is 60.1 Å². The first kappa shape index (κ1) is 19.3. The number of benzene rings is 1. The van der Waals surface area contributed by atoms with Crippen LogP contribution in [0.2, 0.25) is 0 Å². The lowest BCUT2D eigenvalue weighted by Crippen LogP contribution is -2.59. The minimum absolute atomic E-state index is 0.0619. The smallest absolute Gasteiger partial charge is 0.129 e. The Morgan fingerprint density at radius 1 is 1.13 bits per heavy atom. The Hall–Kier alpha value is -2.35. The van der Waals surface area contributed by atoms with Gasteiger partial charge < -0.3 is 9.67 Å². The maximum absolute atomic E-state index is 13.1. The molecular formula is C24H26N4O2S. The van der Waals surface area contributed by atoms with Crippen LogP contribution in [0.3, 0.4) is 0 Å². The van der Waals surface area contributed by atoms with Crippen LogP contribution in [0, 0.1) is 18.3 Å². The lowest BCUT2D eigenvalue weighted by molar-refractivity contribution is -0.152. The van der Waals surface area contributed by atoms with Crippen molar-refractivity contribution < 1.29 is 9.32 Å². The van der Waals surface area contributed by atoms with E-state index >= 15 is 0 Å². The fourth-order valence-corrected chi connectivity index (χ4v) is 7.25. The number of piperidine rings is 1. The molecule has 1 saturated heterocycles. The molecule has 3 aliphatic rings. The zero-order valence-electron chi connectivity index (χ0n) is 17.5. The molecule has 1 aromatic carbocycles. The molecule has 0 amide bonds. The normalized spacial score (nSPS) is 27.5. The summed E-state index contributed by atoms with van der Waals surface area (Å²) >= 11 is 0. The minimum Gasteiger partial charge on any atom is -0.392 e. The zero-order valence-corrected chi connectivity index (χ0v) is 18.3. The molecule has 6 nitrogen and oxygen atoms in total. The molecule has 2 aliphatic heterocycles. The van der Waals surface area contributed by atoms with Crippen LogP contribution in [0.5, 0.6) is 0 Å². The quantitative estimate of drug-likeness (QED) is 0.686. The van der Waals surface area contributed by atoms with Crippen molar-refractivity contribution in [2.45, 2.75) is 43.2 Å². The summed E-state index contributed by atoms with van der Waals surface area (Å²) in [7, 11) is -1.19. The summed E-state index contributed by atoms with van der Waals surface area (Å²) in [5.74, 6) is 0.189. The highest BCUT2D eigenvalue weighted by atomic mass is 32.2. The van der Waals surface area contributed by atoms with E-state index in [1.807, 2.05) is 29.8 Å². The van der Waals surface area contributed by atoms with Crippen LogP contribution in [-0.4, -0.2) is 47.3 Å². The summed E-state index contributed by atoms with van der Waals surface area (Å²) in [5.41, 5.74) is 4.62. The van der Waals surface area contributed by atoms with Gasteiger partial charge in [0.05, 0.1) is 35.3 Å². The van der Waals surface area contributed by atoms with Gasteiger partial charge in [-0.1, -0.05) is 24.3 Å². The molecule has 2 aromatic heterocycles. The maximum Gasteiger partial charge on any atom is 0.129 e. The van der Waals surface area contributed by atoms with Crippen LogP contribution in [0.25, 0.3) is 11.3 Å². The van der Waals surface area contributed by atoms with E-state index in [2.05, 4.69) is 38.8 Å². The van der Waals surface area contributed by atoms with E-state index in [0.29, 0.717) is 0 Å². The van der Waals surface area contributed by atoms with Crippen molar-refractivity contribution in [2.75, 3.05) is 13.1 Å². The number of imidazole rings is 1. The minimum atomic E-state index is -1.19. The molecule has 1 saturated carbocycles. The van der Waals surface area contributed by atoms with Crippen LogP contribution in [0.1, 0.15) is 36.4 Å². The third-order valence-electron chi connectivity index (χ3n) is 7.73. The van der Waals surface area contributed by atoms with E-state index in [4.69, 9.17) is 0 Å². The molecule has 2 fully saturated rings. The van der Waals surface area contributed by atoms with Crippen molar-refractivity contribution in [1.82, 2.24) is 18.8 Å². The van der Waals surface area contributed by atoms with Crippen LogP contribution >= 0.6 is 0 Å². The van der Waals surface area contributed by atoms with E-state index in [1.165, 1.54) is 11.1 Å². The van der Waals surface area contributed by atoms with Gasteiger partial charge in [0.25, 0.3) is 0 Å². The Bertz CT molecular complexity index is 1170. The van der Waals surface area contributed by atoms with E-state index in [0.717, 1.165) is 48.5 Å². The predicted molar refractivity (Wildman–Crippen MR) is 119 cm³/mol. The number of nitrogens with zero attached hydrogens (tertiary/aromatic N) is 4. The highest BCUT2D eigenvalue weighted by Crippen LogP contribution is 2.59. The zero-order chi connectivity index (χ0) is 21.2. The van der Waals surface area contributed by atoms with Gasteiger partial charge in [-0.05, 0) is 48.8 Å². The van der Waals surface area contributed by atoms with Gasteiger partial charge in [-0.3, -0.25) is 4.98 Å². The summed E-state index contributed by atoms with van der Waals surface area (Å²) < 4.78 is 17.3. The first-order valence-electron chi connectivity index (χ1n) is 11.0. The summed E-state index contributed by atoms with van der Waals surface area (Å²) in [6.07, 6.45) is 9.67. The largest absolute Gasteiger partial charge is 0.392 e. The monoisotopic (exact) mass is 434 g/mol. The van der Waals surface area contributed by atoms with Crippen LogP contribution in [0.4, 0.5) is 0 Å². The topological polar surface area (TPSA) is 71.2 Å². The number of aliphatic hydroxyl groups excluding tert-OH is 1. The van der Waals surface area contributed by atoms with Crippen molar-refractivity contribution in [3.63, 3.8) is 0 Å². The van der Waals surface area contributed by atoms with E-state index in [-0.39, 0.29) is 23.5 Å². The number of aliphatic hydroxyl groups is 1. The summed E-state index contributed by atoms with van der Waals surface area (Å²) in [6, 6.07) is 10.5. The first-order valence-corrected chi connectivity index (χ1v) is 12.1.